The van der Waals surface area contributed by atoms with Gasteiger partial charge < -0.3 is 15.2 Å². The van der Waals surface area contributed by atoms with Crippen molar-refractivity contribution in [1.82, 2.24) is 0 Å². The molecule has 1 aromatic carbocycles. The number of non-ortho nitro benzene ring substituents is 1. The molecule has 0 saturated carbocycles. The summed E-state index contributed by atoms with van der Waals surface area (Å²) in [5.74, 6) is -2.15. The average Bonchev–Trinajstić information content (AvgIpc) is 2.27. The molecule has 0 atom stereocenters. The fourth-order valence-electron chi connectivity index (χ4n) is 0.994. The van der Waals surface area contributed by atoms with Crippen molar-refractivity contribution in [3.63, 3.8) is 0 Å². The van der Waals surface area contributed by atoms with E-state index in [2.05, 4.69) is 5.32 Å². The number of carboxylic acid groups (broad SMARTS) is 1. The lowest BCUT2D eigenvalue weighted by Gasteiger charge is -2.01. The summed E-state index contributed by atoms with van der Waals surface area (Å²) in [6.07, 6.45) is 1.37. The Morgan fingerprint density at radius 3 is 2.24 bits per heavy atom. The van der Waals surface area contributed by atoms with E-state index in [1.165, 1.54) is 24.3 Å². The molecule has 0 saturated heterocycles. The second-order valence-electron chi connectivity index (χ2n) is 2.95. The van der Waals surface area contributed by atoms with Crippen LogP contribution in [0.2, 0.25) is 0 Å². The summed E-state index contributed by atoms with van der Waals surface area (Å²) in [5.41, 5.74) is 0.219. The fraction of sp³-hybridized carbons (Fsp3) is 0. The van der Waals surface area contributed by atoms with E-state index in [4.69, 9.17) is 0 Å². The van der Waals surface area contributed by atoms with Crippen LogP contribution in [0.1, 0.15) is 0 Å². The Bertz CT molecular complexity index is 478. The van der Waals surface area contributed by atoms with Gasteiger partial charge in [0.15, 0.2) is 0 Å². The van der Waals surface area contributed by atoms with Gasteiger partial charge in [0.25, 0.3) is 5.69 Å². The van der Waals surface area contributed by atoms with Gasteiger partial charge in [0.2, 0.25) is 5.91 Å². The summed E-state index contributed by atoms with van der Waals surface area (Å²) in [5, 5.41) is 22.7. The van der Waals surface area contributed by atoms with Crippen LogP contribution in [0.3, 0.4) is 0 Å². The minimum Gasteiger partial charge on any atom is -0.545 e. The molecule has 0 aromatic heterocycles. The summed E-state index contributed by atoms with van der Waals surface area (Å²) in [7, 11) is 0. The highest BCUT2D eigenvalue weighted by Gasteiger charge is 2.04. The van der Waals surface area contributed by atoms with E-state index < -0.39 is 16.8 Å². The summed E-state index contributed by atoms with van der Waals surface area (Å²) in [6.45, 7) is 0. The van der Waals surface area contributed by atoms with Gasteiger partial charge in [-0.3, -0.25) is 14.9 Å². The molecule has 1 N–H and O–H groups in total. The molecule has 88 valence electrons. The van der Waals surface area contributed by atoms with E-state index in [0.717, 1.165) is 6.08 Å². The van der Waals surface area contributed by atoms with E-state index in [0.29, 0.717) is 11.8 Å². The maximum atomic E-state index is 11.1. The first-order valence-corrected chi connectivity index (χ1v) is 4.43. The topological polar surface area (TPSA) is 112 Å². The number of hydrogen-bond donors (Lipinski definition) is 1. The van der Waals surface area contributed by atoms with Crippen molar-refractivity contribution in [2.45, 2.75) is 0 Å². The highest BCUT2D eigenvalue weighted by atomic mass is 16.6. The predicted molar refractivity (Wildman–Crippen MR) is 55.9 cm³/mol. The molecule has 1 aromatic rings. The van der Waals surface area contributed by atoms with Crippen LogP contribution in [-0.2, 0) is 9.59 Å². The van der Waals surface area contributed by atoms with Crippen LogP contribution >= 0.6 is 0 Å². The van der Waals surface area contributed by atoms with Gasteiger partial charge in [-0.15, -0.1) is 0 Å². The lowest BCUT2D eigenvalue weighted by atomic mass is 10.3. The van der Waals surface area contributed by atoms with Crippen LogP contribution in [0, 0.1) is 10.1 Å². The molecule has 0 heterocycles. The van der Waals surface area contributed by atoms with E-state index in [1.54, 1.807) is 0 Å². The zero-order chi connectivity index (χ0) is 12.8. The van der Waals surface area contributed by atoms with Crippen molar-refractivity contribution in [3.8, 4) is 0 Å². The lowest BCUT2D eigenvalue weighted by Crippen LogP contribution is -2.20. The third kappa shape index (κ3) is 4.12. The monoisotopic (exact) mass is 235 g/mol. The van der Waals surface area contributed by atoms with Crippen LogP contribution in [0.4, 0.5) is 11.4 Å². The molecule has 0 aliphatic carbocycles. The number of nitro benzene ring substituents is 1. The molecular weight excluding hydrogens is 228 g/mol. The number of benzene rings is 1. The second kappa shape index (κ2) is 5.40. The number of nitrogens with zero attached hydrogens (tertiary/aromatic N) is 1. The van der Waals surface area contributed by atoms with Crippen LogP contribution < -0.4 is 10.4 Å². The number of anilines is 1. The number of hydrogen-bond acceptors (Lipinski definition) is 5. The fourth-order valence-corrected chi connectivity index (χ4v) is 0.994. The van der Waals surface area contributed by atoms with Crippen molar-refractivity contribution in [2.75, 3.05) is 5.32 Å². The number of amides is 1. The SMILES string of the molecule is O=C([O-])/C=C\C(=O)Nc1ccc([N+](=O)[O-])cc1. The van der Waals surface area contributed by atoms with Gasteiger partial charge >= 0.3 is 0 Å². The first-order chi connectivity index (χ1) is 7.99. The summed E-state index contributed by atoms with van der Waals surface area (Å²) < 4.78 is 0. The molecule has 1 amide bonds. The highest BCUT2D eigenvalue weighted by Crippen LogP contribution is 2.15. The van der Waals surface area contributed by atoms with Crippen molar-refractivity contribution >= 4 is 23.3 Å². The zero-order valence-electron chi connectivity index (χ0n) is 8.45. The zero-order valence-corrected chi connectivity index (χ0v) is 8.45. The van der Waals surface area contributed by atoms with Crippen LogP contribution in [0.5, 0.6) is 0 Å². The summed E-state index contributed by atoms with van der Waals surface area (Å²) in [4.78, 5) is 30.9. The van der Waals surface area contributed by atoms with Gasteiger partial charge in [-0.1, -0.05) is 0 Å². The third-order valence-electron chi connectivity index (χ3n) is 1.72. The van der Waals surface area contributed by atoms with Gasteiger partial charge in [-0.05, 0) is 18.2 Å². The first-order valence-electron chi connectivity index (χ1n) is 4.43. The maximum absolute atomic E-state index is 11.1. The Labute approximate surface area is 95.5 Å². The number of carbonyl (C=O) groups is 2. The maximum Gasteiger partial charge on any atom is 0.269 e. The molecule has 0 aliphatic rings. The molecule has 0 aliphatic heterocycles. The highest BCUT2D eigenvalue weighted by molar-refractivity contribution is 6.02. The minimum atomic E-state index is -1.48. The molecule has 0 fully saturated rings. The Morgan fingerprint density at radius 1 is 1.18 bits per heavy atom. The minimum absolute atomic E-state index is 0.103. The molecule has 17 heavy (non-hydrogen) atoms. The van der Waals surface area contributed by atoms with Gasteiger partial charge in [-0.2, -0.15) is 0 Å². The van der Waals surface area contributed by atoms with Gasteiger partial charge in [0.1, 0.15) is 0 Å². The van der Waals surface area contributed by atoms with Crippen LogP contribution in [0.15, 0.2) is 36.4 Å². The second-order valence-corrected chi connectivity index (χ2v) is 2.95. The number of aliphatic carboxylic acids is 1. The van der Waals surface area contributed by atoms with Crippen LogP contribution in [0.25, 0.3) is 0 Å². The number of nitrogens with one attached hydrogen (secondary N) is 1. The van der Waals surface area contributed by atoms with Crippen molar-refractivity contribution in [3.05, 3.63) is 46.5 Å². The predicted octanol–water partition coefficient (Wildman–Crippen LogP) is -0.161. The van der Waals surface area contributed by atoms with Crippen molar-refractivity contribution in [1.29, 1.82) is 0 Å². The Balaban J connectivity index is 2.66. The number of rotatable bonds is 4. The smallest absolute Gasteiger partial charge is 0.269 e. The number of carboxylic acids is 1. The third-order valence-corrected chi connectivity index (χ3v) is 1.72. The quantitative estimate of drug-likeness (QED) is 0.442. The standard InChI is InChI=1S/C10H8N2O5/c13-9(5-6-10(14)15)11-7-1-3-8(4-2-7)12(16)17/h1-6H,(H,11,13)(H,14,15)/p-1/b6-5-. The molecule has 0 radical (unpaired) electrons. The number of carbonyl (C=O) groups excluding carboxylic acids is 2. The van der Waals surface area contributed by atoms with E-state index >= 15 is 0 Å². The summed E-state index contributed by atoms with van der Waals surface area (Å²) >= 11 is 0. The lowest BCUT2D eigenvalue weighted by molar-refractivity contribution is -0.384. The van der Waals surface area contributed by atoms with E-state index in [9.17, 15) is 24.8 Å². The van der Waals surface area contributed by atoms with Gasteiger partial charge in [-0.25, -0.2) is 0 Å². The Kier molecular flexibility index (Phi) is 3.93. The molecule has 7 heteroatoms. The van der Waals surface area contributed by atoms with E-state index in [1.807, 2.05) is 0 Å². The molecular formula is C10H7N2O5-. The van der Waals surface area contributed by atoms with Crippen molar-refractivity contribution in [2.24, 2.45) is 0 Å². The Hall–Kier alpha value is -2.70. The largest absolute Gasteiger partial charge is 0.545 e. The van der Waals surface area contributed by atoms with E-state index in [-0.39, 0.29) is 5.69 Å². The number of nitro groups is 1. The molecule has 0 unspecified atom stereocenters. The van der Waals surface area contributed by atoms with Crippen molar-refractivity contribution < 1.29 is 19.6 Å². The average molecular weight is 235 g/mol. The molecule has 1 rings (SSSR count). The normalized spacial score (nSPS) is 10.1. The molecule has 7 nitrogen and oxygen atoms in total. The van der Waals surface area contributed by atoms with Gasteiger partial charge in [0.05, 0.1) is 10.9 Å². The summed E-state index contributed by atoms with van der Waals surface area (Å²) in [6, 6.07) is 5.11. The van der Waals surface area contributed by atoms with Crippen LogP contribution in [-0.4, -0.2) is 16.8 Å². The first kappa shape index (κ1) is 12.4. The Morgan fingerprint density at radius 2 is 1.76 bits per heavy atom. The molecule has 0 bridgehead atoms. The molecule has 0 spiro atoms. The van der Waals surface area contributed by atoms with Gasteiger partial charge in [0, 0.05) is 23.9 Å².